The third kappa shape index (κ3) is 4.41. The van der Waals surface area contributed by atoms with E-state index >= 15 is 0 Å². The van der Waals surface area contributed by atoms with E-state index in [4.69, 9.17) is 0 Å². The molecular formula is C20H20N4O. The Morgan fingerprint density at radius 3 is 2.12 bits per heavy atom. The van der Waals surface area contributed by atoms with Crippen molar-refractivity contribution in [2.75, 3.05) is 10.6 Å². The lowest BCUT2D eigenvalue weighted by atomic mass is 10.1. The number of carbonyl (C=O) groups excluding carboxylic acids is 1. The van der Waals surface area contributed by atoms with Crippen molar-refractivity contribution in [1.29, 1.82) is 0 Å². The van der Waals surface area contributed by atoms with Gasteiger partial charge < -0.3 is 10.6 Å². The van der Waals surface area contributed by atoms with E-state index in [9.17, 15) is 4.79 Å². The Balaban J connectivity index is 1.70. The van der Waals surface area contributed by atoms with E-state index in [1.807, 2.05) is 57.2 Å². The molecule has 0 aliphatic carbocycles. The topological polar surface area (TPSA) is 66.9 Å². The maximum Gasteiger partial charge on any atom is 0.258 e. The molecule has 1 aromatic heterocycles. The second kappa shape index (κ2) is 7.13. The van der Waals surface area contributed by atoms with E-state index in [0.717, 1.165) is 28.1 Å². The van der Waals surface area contributed by atoms with E-state index in [1.54, 1.807) is 0 Å². The third-order valence-corrected chi connectivity index (χ3v) is 3.67. The van der Waals surface area contributed by atoms with E-state index in [2.05, 4.69) is 26.7 Å². The minimum atomic E-state index is -0.233. The number of anilines is 3. The van der Waals surface area contributed by atoms with Crippen molar-refractivity contribution in [2.45, 2.75) is 20.8 Å². The average molecular weight is 332 g/mol. The normalized spacial score (nSPS) is 10.4. The zero-order valence-corrected chi connectivity index (χ0v) is 14.5. The first-order chi connectivity index (χ1) is 12.0. The molecule has 2 N–H and O–H groups in total. The third-order valence-electron chi connectivity index (χ3n) is 3.67. The number of nitrogens with zero attached hydrogens (tertiary/aromatic N) is 2. The van der Waals surface area contributed by atoms with Gasteiger partial charge in [0.2, 0.25) is 5.95 Å². The number of hydrogen-bond donors (Lipinski definition) is 2. The summed E-state index contributed by atoms with van der Waals surface area (Å²) in [6, 6.07) is 13.8. The van der Waals surface area contributed by atoms with E-state index in [1.165, 1.54) is 12.4 Å². The number of aromatic nitrogens is 2. The number of benzene rings is 2. The lowest BCUT2D eigenvalue weighted by Crippen LogP contribution is -2.13. The van der Waals surface area contributed by atoms with Crippen molar-refractivity contribution in [3.63, 3.8) is 0 Å². The minimum Gasteiger partial charge on any atom is -0.324 e. The summed E-state index contributed by atoms with van der Waals surface area (Å²) in [6.45, 7) is 6.06. The molecule has 0 bridgehead atoms. The fourth-order valence-electron chi connectivity index (χ4n) is 2.61. The van der Waals surface area contributed by atoms with Gasteiger partial charge >= 0.3 is 0 Å². The molecule has 0 aliphatic rings. The van der Waals surface area contributed by atoms with Crippen molar-refractivity contribution in [1.82, 2.24) is 9.97 Å². The van der Waals surface area contributed by atoms with Gasteiger partial charge in [-0.05, 0) is 61.7 Å². The van der Waals surface area contributed by atoms with Gasteiger partial charge in [0, 0.05) is 23.8 Å². The van der Waals surface area contributed by atoms with Crippen LogP contribution in [0.3, 0.4) is 0 Å². The molecule has 1 heterocycles. The number of hydrogen-bond acceptors (Lipinski definition) is 4. The first-order valence-electron chi connectivity index (χ1n) is 8.05. The number of amides is 1. The summed E-state index contributed by atoms with van der Waals surface area (Å²) in [7, 11) is 0. The molecule has 25 heavy (non-hydrogen) atoms. The zero-order valence-electron chi connectivity index (χ0n) is 14.5. The van der Waals surface area contributed by atoms with E-state index in [0.29, 0.717) is 11.5 Å². The summed E-state index contributed by atoms with van der Waals surface area (Å²) in [5.41, 5.74) is 5.50. The predicted octanol–water partition coefficient (Wildman–Crippen LogP) is 4.40. The Labute approximate surface area is 147 Å². The van der Waals surface area contributed by atoms with Crippen LogP contribution >= 0.6 is 0 Å². The van der Waals surface area contributed by atoms with Crippen LogP contribution in [0.5, 0.6) is 0 Å². The molecule has 0 spiro atoms. The van der Waals surface area contributed by atoms with Gasteiger partial charge in [-0.3, -0.25) is 4.79 Å². The first kappa shape index (κ1) is 16.6. The average Bonchev–Trinajstić information content (AvgIpc) is 2.54. The molecule has 0 aliphatic heterocycles. The lowest BCUT2D eigenvalue weighted by Gasteiger charge is -2.08. The van der Waals surface area contributed by atoms with E-state index < -0.39 is 0 Å². The monoisotopic (exact) mass is 332 g/mol. The van der Waals surface area contributed by atoms with Crippen LogP contribution in [-0.2, 0) is 0 Å². The Hall–Kier alpha value is -3.21. The summed E-state index contributed by atoms with van der Waals surface area (Å²) in [5, 5.41) is 6.00. The molecule has 5 nitrogen and oxygen atoms in total. The highest BCUT2D eigenvalue weighted by Crippen LogP contribution is 2.17. The number of rotatable bonds is 4. The molecule has 3 rings (SSSR count). The molecule has 1 amide bonds. The first-order valence-corrected chi connectivity index (χ1v) is 8.05. The van der Waals surface area contributed by atoms with Gasteiger partial charge in [-0.15, -0.1) is 0 Å². The molecule has 0 saturated carbocycles. The summed E-state index contributed by atoms with van der Waals surface area (Å²) >= 11 is 0. The summed E-state index contributed by atoms with van der Waals surface area (Å²) < 4.78 is 0. The zero-order chi connectivity index (χ0) is 17.8. The van der Waals surface area contributed by atoms with Crippen LogP contribution in [0.15, 0.2) is 54.9 Å². The molecule has 3 aromatic rings. The van der Waals surface area contributed by atoms with Crippen molar-refractivity contribution < 1.29 is 4.79 Å². The van der Waals surface area contributed by atoms with Crippen molar-refractivity contribution in [3.05, 3.63) is 77.1 Å². The molecule has 5 heteroatoms. The molecule has 2 aromatic carbocycles. The van der Waals surface area contributed by atoms with Gasteiger partial charge in [0.25, 0.3) is 5.91 Å². The molecular weight excluding hydrogens is 312 g/mol. The Bertz CT molecular complexity index is 884. The van der Waals surface area contributed by atoms with Crippen molar-refractivity contribution >= 4 is 23.2 Å². The summed E-state index contributed by atoms with van der Waals surface area (Å²) in [6.07, 6.45) is 3.03. The van der Waals surface area contributed by atoms with Crippen LogP contribution in [-0.4, -0.2) is 15.9 Å². The van der Waals surface area contributed by atoms with Crippen LogP contribution in [0.4, 0.5) is 17.3 Å². The Kier molecular flexibility index (Phi) is 4.75. The van der Waals surface area contributed by atoms with Crippen molar-refractivity contribution in [3.8, 4) is 0 Å². The van der Waals surface area contributed by atoms with Crippen LogP contribution in [0.25, 0.3) is 0 Å². The van der Waals surface area contributed by atoms with Gasteiger partial charge in [0.15, 0.2) is 0 Å². The number of nitrogens with one attached hydrogen (secondary N) is 2. The van der Waals surface area contributed by atoms with Gasteiger partial charge in [0.05, 0.1) is 5.56 Å². The molecule has 0 unspecified atom stereocenters. The number of carbonyl (C=O) groups is 1. The maximum absolute atomic E-state index is 12.3. The standard InChI is InChI=1S/C20H20N4O/c1-13-5-4-6-17(8-13)23-19(25)16-11-21-20(22-12-16)24-18-9-14(2)7-15(3)10-18/h4-12H,1-3H3,(H,23,25)(H,21,22,24). The Morgan fingerprint density at radius 2 is 1.48 bits per heavy atom. The molecule has 0 saturated heterocycles. The highest BCUT2D eigenvalue weighted by atomic mass is 16.1. The van der Waals surface area contributed by atoms with Crippen LogP contribution in [0.1, 0.15) is 27.0 Å². The van der Waals surface area contributed by atoms with Gasteiger partial charge in [-0.25, -0.2) is 9.97 Å². The largest absolute Gasteiger partial charge is 0.324 e. The molecule has 0 radical (unpaired) electrons. The quantitative estimate of drug-likeness (QED) is 0.743. The molecule has 0 atom stereocenters. The fraction of sp³-hybridized carbons (Fsp3) is 0.150. The van der Waals surface area contributed by atoms with Crippen LogP contribution in [0, 0.1) is 20.8 Å². The highest BCUT2D eigenvalue weighted by Gasteiger charge is 2.08. The second-order valence-corrected chi connectivity index (χ2v) is 6.12. The van der Waals surface area contributed by atoms with Gasteiger partial charge in [-0.1, -0.05) is 18.2 Å². The maximum atomic E-state index is 12.3. The SMILES string of the molecule is Cc1cccc(NC(=O)c2cnc(Nc3cc(C)cc(C)c3)nc2)c1. The number of aryl methyl sites for hydroxylation is 3. The van der Waals surface area contributed by atoms with Crippen LogP contribution in [0.2, 0.25) is 0 Å². The lowest BCUT2D eigenvalue weighted by molar-refractivity contribution is 0.102. The summed E-state index contributed by atoms with van der Waals surface area (Å²) in [5.74, 6) is 0.223. The van der Waals surface area contributed by atoms with Crippen molar-refractivity contribution in [2.24, 2.45) is 0 Å². The van der Waals surface area contributed by atoms with Crippen LogP contribution < -0.4 is 10.6 Å². The minimum absolute atomic E-state index is 0.233. The summed E-state index contributed by atoms with van der Waals surface area (Å²) in [4.78, 5) is 20.7. The second-order valence-electron chi connectivity index (χ2n) is 6.12. The fourth-order valence-corrected chi connectivity index (χ4v) is 2.61. The predicted molar refractivity (Wildman–Crippen MR) is 100 cm³/mol. The Morgan fingerprint density at radius 1 is 0.840 bits per heavy atom. The molecule has 126 valence electrons. The van der Waals surface area contributed by atoms with Gasteiger partial charge in [-0.2, -0.15) is 0 Å². The highest BCUT2D eigenvalue weighted by molar-refractivity contribution is 6.03. The molecule has 0 fully saturated rings. The smallest absolute Gasteiger partial charge is 0.258 e. The van der Waals surface area contributed by atoms with Gasteiger partial charge in [0.1, 0.15) is 0 Å². The van der Waals surface area contributed by atoms with E-state index in [-0.39, 0.29) is 5.91 Å².